The maximum atomic E-state index is 6.13. The quantitative estimate of drug-likeness (QED) is 0.792. The normalized spacial score (nSPS) is 26.8. The van der Waals surface area contributed by atoms with Crippen LogP contribution in [0.4, 0.5) is 0 Å². The first-order chi connectivity index (χ1) is 6.70. The molecule has 1 aliphatic carbocycles. The first-order valence-electron chi connectivity index (χ1n) is 5.20. The zero-order chi connectivity index (χ0) is 10.1. The first kappa shape index (κ1) is 10.4. The molecule has 2 rings (SSSR count). The highest BCUT2D eigenvalue weighted by molar-refractivity contribution is 14.1. The number of benzene rings is 1. The van der Waals surface area contributed by atoms with Crippen molar-refractivity contribution < 1.29 is 0 Å². The van der Waals surface area contributed by atoms with Crippen LogP contribution in [0.3, 0.4) is 0 Å². The summed E-state index contributed by atoms with van der Waals surface area (Å²) in [7, 11) is 0. The molecule has 1 aromatic carbocycles. The monoisotopic (exact) mass is 301 g/mol. The first-order valence-corrected chi connectivity index (χ1v) is 6.28. The van der Waals surface area contributed by atoms with Crippen LogP contribution in [0.5, 0.6) is 0 Å². The van der Waals surface area contributed by atoms with Gasteiger partial charge >= 0.3 is 0 Å². The average Bonchev–Trinajstić information content (AvgIpc) is 2.57. The van der Waals surface area contributed by atoms with Crippen molar-refractivity contribution in [3.63, 3.8) is 0 Å². The van der Waals surface area contributed by atoms with Crippen molar-refractivity contribution in [2.24, 2.45) is 5.73 Å². The third-order valence-corrected chi connectivity index (χ3v) is 4.66. The summed E-state index contributed by atoms with van der Waals surface area (Å²) in [5, 5.41) is 0. The molecule has 0 aliphatic heterocycles. The second kappa shape index (κ2) is 4.19. The summed E-state index contributed by atoms with van der Waals surface area (Å²) in [5.41, 5.74) is 8.97. The number of aryl methyl sites for hydroxylation is 1. The van der Waals surface area contributed by atoms with Gasteiger partial charge in [0.25, 0.3) is 0 Å². The van der Waals surface area contributed by atoms with Crippen molar-refractivity contribution in [2.45, 2.75) is 38.1 Å². The Morgan fingerprint density at radius 2 is 2.14 bits per heavy atom. The minimum absolute atomic E-state index is 0.380. The van der Waals surface area contributed by atoms with E-state index in [2.05, 4.69) is 47.7 Å². The van der Waals surface area contributed by atoms with E-state index in [1.807, 2.05) is 0 Å². The highest BCUT2D eigenvalue weighted by Gasteiger charge is 2.26. The molecule has 0 radical (unpaired) electrons. The Labute approximate surface area is 99.2 Å². The molecule has 1 nitrogen and oxygen atoms in total. The lowest BCUT2D eigenvalue weighted by molar-refractivity contribution is 0.610. The summed E-state index contributed by atoms with van der Waals surface area (Å²) < 4.78 is 1.41. The Bertz CT molecular complexity index is 335. The number of rotatable bonds is 1. The van der Waals surface area contributed by atoms with E-state index >= 15 is 0 Å². The van der Waals surface area contributed by atoms with Crippen molar-refractivity contribution in [1.29, 1.82) is 0 Å². The van der Waals surface area contributed by atoms with Crippen molar-refractivity contribution in [3.05, 3.63) is 32.9 Å². The molecule has 14 heavy (non-hydrogen) atoms. The largest absolute Gasteiger partial charge is 0.327 e. The molecule has 2 unspecified atom stereocenters. The van der Waals surface area contributed by atoms with Crippen LogP contribution < -0.4 is 5.73 Å². The molecule has 2 atom stereocenters. The fraction of sp³-hybridized carbons (Fsp3) is 0.500. The smallest absolute Gasteiger partial charge is 0.0194 e. The fourth-order valence-electron chi connectivity index (χ4n) is 2.33. The van der Waals surface area contributed by atoms with Gasteiger partial charge in [-0.05, 0) is 53.5 Å². The zero-order valence-corrected chi connectivity index (χ0v) is 10.6. The Morgan fingerprint density at radius 3 is 2.79 bits per heavy atom. The van der Waals surface area contributed by atoms with Gasteiger partial charge in [-0.15, -0.1) is 0 Å². The van der Waals surface area contributed by atoms with Gasteiger partial charge in [-0.25, -0.2) is 0 Å². The molecule has 0 bridgehead atoms. The minimum atomic E-state index is 0.380. The third-order valence-electron chi connectivity index (χ3n) is 3.19. The number of hydrogen-bond donors (Lipinski definition) is 1. The number of hydrogen-bond acceptors (Lipinski definition) is 1. The van der Waals surface area contributed by atoms with E-state index in [1.54, 1.807) is 0 Å². The number of halogens is 1. The molecule has 1 aliphatic rings. The SMILES string of the molecule is Cc1cccc(C2CCCC2N)c1I. The predicted octanol–water partition coefficient (Wildman–Crippen LogP) is 3.19. The van der Waals surface area contributed by atoms with Gasteiger partial charge in [0.1, 0.15) is 0 Å². The summed E-state index contributed by atoms with van der Waals surface area (Å²) in [6, 6.07) is 6.94. The molecular formula is C12H16IN. The summed E-state index contributed by atoms with van der Waals surface area (Å²) in [6.07, 6.45) is 3.74. The summed E-state index contributed by atoms with van der Waals surface area (Å²) in [4.78, 5) is 0. The second-order valence-electron chi connectivity index (χ2n) is 4.18. The second-order valence-corrected chi connectivity index (χ2v) is 5.26. The molecule has 0 aromatic heterocycles. The molecule has 2 N–H and O–H groups in total. The van der Waals surface area contributed by atoms with Gasteiger partial charge in [-0.2, -0.15) is 0 Å². The summed E-state index contributed by atoms with van der Waals surface area (Å²) in [6.45, 7) is 2.17. The molecule has 2 heteroatoms. The van der Waals surface area contributed by atoms with Crippen LogP contribution in [0.25, 0.3) is 0 Å². The van der Waals surface area contributed by atoms with Crippen LogP contribution in [-0.2, 0) is 0 Å². The van der Waals surface area contributed by atoms with Crippen molar-refractivity contribution >= 4 is 22.6 Å². The maximum Gasteiger partial charge on any atom is 0.0194 e. The molecule has 1 aromatic rings. The van der Waals surface area contributed by atoms with E-state index in [0.29, 0.717) is 12.0 Å². The van der Waals surface area contributed by atoms with E-state index in [0.717, 1.165) is 0 Å². The molecule has 76 valence electrons. The van der Waals surface area contributed by atoms with Crippen LogP contribution in [0.1, 0.15) is 36.3 Å². The van der Waals surface area contributed by atoms with Crippen molar-refractivity contribution in [1.82, 2.24) is 0 Å². The third kappa shape index (κ3) is 1.82. The standard InChI is InChI=1S/C12H16IN/c1-8-4-2-6-10(12(8)13)9-5-3-7-11(9)14/h2,4,6,9,11H,3,5,7,14H2,1H3. The lowest BCUT2D eigenvalue weighted by Gasteiger charge is -2.18. The van der Waals surface area contributed by atoms with Crippen LogP contribution in [0, 0.1) is 10.5 Å². The summed E-state index contributed by atoms with van der Waals surface area (Å²) >= 11 is 2.45. The van der Waals surface area contributed by atoms with Gasteiger partial charge in [-0.3, -0.25) is 0 Å². The van der Waals surface area contributed by atoms with Gasteiger partial charge in [0.05, 0.1) is 0 Å². The van der Waals surface area contributed by atoms with Crippen LogP contribution in [0.15, 0.2) is 18.2 Å². The maximum absolute atomic E-state index is 6.13. The van der Waals surface area contributed by atoms with Crippen LogP contribution >= 0.6 is 22.6 Å². The lowest BCUT2D eigenvalue weighted by atomic mass is 9.93. The van der Waals surface area contributed by atoms with E-state index in [-0.39, 0.29) is 0 Å². The van der Waals surface area contributed by atoms with Crippen LogP contribution in [-0.4, -0.2) is 6.04 Å². The van der Waals surface area contributed by atoms with Gasteiger partial charge in [0, 0.05) is 15.5 Å². The van der Waals surface area contributed by atoms with Crippen LogP contribution in [0.2, 0.25) is 0 Å². The average molecular weight is 301 g/mol. The van der Waals surface area contributed by atoms with E-state index in [1.165, 1.54) is 34.0 Å². The Kier molecular flexibility index (Phi) is 3.12. The Hall–Kier alpha value is -0.0900. The van der Waals surface area contributed by atoms with Gasteiger partial charge in [0.15, 0.2) is 0 Å². The molecule has 0 spiro atoms. The highest BCUT2D eigenvalue weighted by atomic mass is 127. The molecule has 0 amide bonds. The fourth-order valence-corrected chi connectivity index (χ4v) is 3.09. The topological polar surface area (TPSA) is 26.0 Å². The molecule has 0 saturated heterocycles. The number of nitrogens with two attached hydrogens (primary N) is 1. The Morgan fingerprint density at radius 1 is 1.36 bits per heavy atom. The highest BCUT2D eigenvalue weighted by Crippen LogP contribution is 2.36. The lowest BCUT2D eigenvalue weighted by Crippen LogP contribution is -2.23. The van der Waals surface area contributed by atoms with Gasteiger partial charge < -0.3 is 5.73 Å². The Balaban J connectivity index is 2.36. The van der Waals surface area contributed by atoms with E-state index in [4.69, 9.17) is 5.73 Å². The van der Waals surface area contributed by atoms with E-state index < -0.39 is 0 Å². The molecule has 1 saturated carbocycles. The molecule has 1 fully saturated rings. The minimum Gasteiger partial charge on any atom is -0.327 e. The molecule has 0 heterocycles. The predicted molar refractivity (Wildman–Crippen MR) is 68.5 cm³/mol. The van der Waals surface area contributed by atoms with Crippen molar-refractivity contribution in [3.8, 4) is 0 Å². The van der Waals surface area contributed by atoms with E-state index in [9.17, 15) is 0 Å². The van der Waals surface area contributed by atoms with Gasteiger partial charge in [0.2, 0.25) is 0 Å². The zero-order valence-electron chi connectivity index (χ0n) is 8.46. The van der Waals surface area contributed by atoms with Gasteiger partial charge in [-0.1, -0.05) is 24.6 Å². The van der Waals surface area contributed by atoms with Crippen molar-refractivity contribution in [2.75, 3.05) is 0 Å². The molecular weight excluding hydrogens is 285 g/mol. The summed E-state index contributed by atoms with van der Waals surface area (Å²) in [5.74, 6) is 0.599.